The molecule has 2 aromatic carbocycles. The molecule has 0 aliphatic rings. The highest BCUT2D eigenvalue weighted by molar-refractivity contribution is 6.04. The van der Waals surface area contributed by atoms with E-state index in [1.165, 1.54) is 0 Å². The highest BCUT2D eigenvalue weighted by Crippen LogP contribution is 2.13. The van der Waals surface area contributed by atoms with Crippen LogP contribution in [0.15, 0.2) is 48.5 Å². The van der Waals surface area contributed by atoms with Crippen LogP contribution in [0.3, 0.4) is 0 Å². The second-order valence-corrected chi connectivity index (χ2v) is 5.56. The first kappa shape index (κ1) is 16.2. The van der Waals surface area contributed by atoms with Crippen molar-refractivity contribution in [1.82, 2.24) is 4.90 Å². The predicted molar refractivity (Wildman–Crippen MR) is 89.0 cm³/mol. The standard InChI is InChI=1S/C18H22N2O2/c1-20(2)13-15-4-3-5-16(12-15)18(22)19-17-8-6-14(7-9-17)10-11-21/h3-9,12,21H,10-11,13H2,1-2H3,(H,19,22). The lowest BCUT2D eigenvalue weighted by Gasteiger charge is -2.11. The Labute approximate surface area is 131 Å². The number of aliphatic hydroxyl groups excluding tert-OH is 1. The minimum absolute atomic E-state index is 0.115. The SMILES string of the molecule is CN(C)Cc1cccc(C(=O)Nc2ccc(CCO)cc2)c1. The van der Waals surface area contributed by atoms with E-state index in [4.69, 9.17) is 5.11 Å². The van der Waals surface area contributed by atoms with Crippen LogP contribution in [0.5, 0.6) is 0 Å². The molecular weight excluding hydrogens is 276 g/mol. The monoisotopic (exact) mass is 298 g/mol. The molecule has 4 heteroatoms. The minimum atomic E-state index is -0.115. The van der Waals surface area contributed by atoms with Crippen molar-refractivity contribution in [1.29, 1.82) is 0 Å². The lowest BCUT2D eigenvalue weighted by molar-refractivity contribution is 0.102. The highest BCUT2D eigenvalue weighted by Gasteiger charge is 2.07. The maximum absolute atomic E-state index is 12.3. The molecule has 0 heterocycles. The average molecular weight is 298 g/mol. The predicted octanol–water partition coefficient (Wildman–Crippen LogP) is 2.54. The van der Waals surface area contributed by atoms with Gasteiger partial charge in [0.15, 0.2) is 0 Å². The number of anilines is 1. The van der Waals surface area contributed by atoms with Crippen molar-refractivity contribution in [3.63, 3.8) is 0 Å². The Kier molecular flexibility index (Phi) is 5.69. The van der Waals surface area contributed by atoms with Gasteiger partial charge in [0.05, 0.1) is 0 Å². The number of benzene rings is 2. The fourth-order valence-electron chi connectivity index (χ4n) is 2.26. The van der Waals surface area contributed by atoms with Crippen LogP contribution in [0.4, 0.5) is 5.69 Å². The van der Waals surface area contributed by atoms with Gasteiger partial charge in [-0.1, -0.05) is 24.3 Å². The molecule has 0 aliphatic heterocycles. The number of hydrogen-bond acceptors (Lipinski definition) is 3. The van der Waals surface area contributed by atoms with Crippen molar-refractivity contribution in [2.45, 2.75) is 13.0 Å². The van der Waals surface area contributed by atoms with Crippen LogP contribution in [0.1, 0.15) is 21.5 Å². The van der Waals surface area contributed by atoms with Crippen molar-refractivity contribution < 1.29 is 9.90 Å². The molecule has 1 amide bonds. The number of amides is 1. The molecule has 2 rings (SSSR count). The molecule has 0 spiro atoms. The average Bonchev–Trinajstić information content (AvgIpc) is 2.49. The van der Waals surface area contributed by atoms with E-state index < -0.39 is 0 Å². The van der Waals surface area contributed by atoms with Crippen LogP contribution in [-0.4, -0.2) is 36.6 Å². The Hall–Kier alpha value is -2.17. The molecule has 22 heavy (non-hydrogen) atoms. The number of hydrogen-bond donors (Lipinski definition) is 2. The van der Waals surface area contributed by atoms with E-state index in [1.807, 2.05) is 62.6 Å². The number of carbonyl (C=O) groups excluding carboxylic acids is 1. The maximum Gasteiger partial charge on any atom is 0.255 e. The summed E-state index contributed by atoms with van der Waals surface area (Å²) < 4.78 is 0. The molecule has 0 radical (unpaired) electrons. The van der Waals surface area contributed by atoms with E-state index in [1.54, 1.807) is 0 Å². The molecule has 0 aromatic heterocycles. The Morgan fingerprint density at radius 1 is 1.09 bits per heavy atom. The second-order valence-electron chi connectivity index (χ2n) is 5.56. The molecule has 0 bridgehead atoms. The molecule has 0 saturated carbocycles. The first-order valence-corrected chi connectivity index (χ1v) is 7.33. The summed E-state index contributed by atoms with van der Waals surface area (Å²) in [5, 5.41) is 11.8. The van der Waals surface area contributed by atoms with Gasteiger partial charge in [-0.3, -0.25) is 4.79 Å². The molecule has 0 saturated heterocycles. The van der Waals surface area contributed by atoms with E-state index in [2.05, 4.69) is 10.2 Å². The zero-order valence-corrected chi connectivity index (χ0v) is 13.0. The largest absolute Gasteiger partial charge is 0.396 e. The lowest BCUT2D eigenvalue weighted by atomic mass is 10.1. The summed E-state index contributed by atoms with van der Waals surface area (Å²) in [6.07, 6.45) is 0.626. The zero-order chi connectivity index (χ0) is 15.9. The summed E-state index contributed by atoms with van der Waals surface area (Å²) in [7, 11) is 4.00. The van der Waals surface area contributed by atoms with E-state index >= 15 is 0 Å². The normalized spacial score (nSPS) is 10.7. The number of carbonyl (C=O) groups is 1. The Bertz CT molecular complexity index is 621. The van der Waals surface area contributed by atoms with Gasteiger partial charge in [-0.2, -0.15) is 0 Å². The Morgan fingerprint density at radius 2 is 1.82 bits per heavy atom. The van der Waals surface area contributed by atoms with Crippen molar-refractivity contribution in [3.05, 3.63) is 65.2 Å². The number of nitrogens with zero attached hydrogens (tertiary/aromatic N) is 1. The topological polar surface area (TPSA) is 52.6 Å². The molecule has 2 aromatic rings. The molecule has 0 fully saturated rings. The van der Waals surface area contributed by atoms with Crippen LogP contribution in [0, 0.1) is 0 Å². The first-order valence-electron chi connectivity index (χ1n) is 7.33. The molecule has 2 N–H and O–H groups in total. The first-order chi connectivity index (χ1) is 10.6. The quantitative estimate of drug-likeness (QED) is 0.861. The van der Waals surface area contributed by atoms with Gasteiger partial charge in [0.1, 0.15) is 0 Å². The summed E-state index contributed by atoms with van der Waals surface area (Å²) in [5.41, 5.74) is 3.56. The number of aliphatic hydroxyl groups is 1. The minimum Gasteiger partial charge on any atom is -0.396 e. The molecular formula is C18H22N2O2. The van der Waals surface area contributed by atoms with Crippen molar-refractivity contribution >= 4 is 11.6 Å². The van der Waals surface area contributed by atoms with E-state index in [0.717, 1.165) is 23.4 Å². The summed E-state index contributed by atoms with van der Waals surface area (Å²) in [5.74, 6) is -0.115. The third kappa shape index (κ3) is 4.69. The van der Waals surface area contributed by atoms with Gasteiger partial charge in [0.2, 0.25) is 0 Å². The van der Waals surface area contributed by atoms with Gasteiger partial charge in [-0.15, -0.1) is 0 Å². The lowest BCUT2D eigenvalue weighted by Crippen LogP contribution is -2.14. The van der Waals surface area contributed by atoms with Crippen LogP contribution in [0.25, 0.3) is 0 Å². The number of rotatable bonds is 6. The smallest absolute Gasteiger partial charge is 0.255 e. The summed E-state index contributed by atoms with van der Waals surface area (Å²) in [6, 6.07) is 15.2. The van der Waals surface area contributed by atoms with Crippen molar-refractivity contribution in [2.75, 3.05) is 26.0 Å². The van der Waals surface area contributed by atoms with Gasteiger partial charge in [0, 0.05) is 24.4 Å². The van der Waals surface area contributed by atoms with E-state index in [0.29, 0.717) is 12.0 Å². The fraction of sp³-hybridized carbons (Fsp3) is 0.278. The summed E-state index contributed by atoms with van der Waals surface area (Å²) >= 11 is 0. The zero-order valence-electron chi connectivity index (χ0n) is 13.0. The van der Waals surface area contributed by atoms with Crippen molar-refractivity contribution in [2.24, 2.45) is 0 Å². The van der Waals surface area contributed by atoms with Crippen LogP contribution < -0.4 is 5.32 Å². The van der Waals surface area contributed by atoms with Crippen LogP contribution >= 0.6 is 0 Å². The van der Waals surface area contributed by atoms with Gasteiger partial charge < -0.3 is 15.3 Å². The van der Waals surface area contributed by atoms with Crippen LogP contribution in [0.2, 0.25) is 0 Å². The summed E-state index contributed by atoms with van der Waals surface area (Å²) in [6.45, 7) is 0.932. The van der Waals surface area contributed by atoms with Crippen molar-refractivity contribution in [3.8, 4) is 0 Å². The second kappa shape index (κ2) is 7.73. The van der Waals surface area contributed by atoms with Gasteiger partial charge in [0.25, 0.3) is 5.91 Å². The highest BCUT2D eigenvalue weighted by atomic mass is 16.2. The Morgan fingerprint density at radius 3 is 2.45 bits per heavy atom. The maximum atomic E-state index is 12.3. The molecule has 0 atom stereocenters. The molecule has 0 aliphatic carbocycles. The third-order valence-corrected chi connectivity index (χ3v) is 3.30. The Balaban J connectivity index is 2.05. The third-order valence-electron chi connectivity index (χ3n) is 3.30. The molecule has 116 valence electrons. The van der Waals surface area contributed by atoms with Gasteiger partial charge in [-0.05, 0) is 55.9 Å². The van der Waals surface area contributed by atoms with Crippen LogP contribution in [-0.2, 0) is 13.0 Å². The number of nitrogens with one attached hydrogen (secondary N) is 1. The molecule has 0 unspecified atom stereocenters. The van der Waals surface area contributed by atoms with Gasteiger partial charge in [-0.25, -0.2) is 0 Å². The fourth-order valence-corrected chi connectivity index (χ4v) is 2.26. The summed E-state index contributed by atoms with van der Waals surface area (Å²) in [4.78, 5) is 14.4. The van der Waals surface area contributed by atoms with E-state index in [9.17, 15) is 4.79 Å². The van der Waals surface area contributed by atoms with Gasteiger partial charge >= 0.3 is 0 Å². The molecule has 4 nitrogen and oxygen atoms in total. The van der Waals surface area contributed by atoms with E-state index in [-0.39, 0.29) is 12.5 Å².